The van der Waals surface area contributed by atoms with Crippen LogP contribution in [-0.4, -0.2) is 33.6 Å². The van der Waals surface area contributed by atoms with Crippen LogP contribution in [0.4, 0.5) is 0 Å². The van der Waals surface area contributed by atoms with E-state index in [0.29, 0.717) is 6.04 Å². The molecular weight excluding hydrogens is 270 g/mol. The van der Waals surface area contributed by atoms with Gasteiger partial charge in [-0.25, -0.2) is 0 Å². The van der Waals surface area contributed by atoms with Gasteiger partial charge in [-0.05, 0) is 41.7 Å². The summed E-state index contributed by atoms with van der Waals surface area (Å²) >= 11 is 3.41. The van der Waals surface area contributed by atoms with Crippen LogP contribution in [0, 0.1) is 0 Å². The number of likely N-dealkylation sites (N-methyl/N-ethyl adjacent to an activating group) is 1. The summed E-state index contributed by atoms with van der Waals surface area (Å²) in [7, 11) is 0. The van der Waals surface area contributed by atoms with E-state index in [-0.39, 0.29) is 12.1 Å². The molecule has 2 unspecified atom stereocenters. The maximum Gasteiger partial charge on any atom is 0.0632 e. The van der Waals surface area contributed by atoms with Crippen molar-refractivity contribution in [2.75, 3.05) is 13.2 Å². The summed E-state index contributed by atoms with van der Waals surface area (Å²) < 4.78 is 3.01. The number of nitrogens with zero attached hydrogens (tertiary/aromatic N) is 2. The average Bonchev–Trinajstić information content (AvgIpc) is 2.86. The molecule has 4 nitrogen and oxygen atoms in total. The van der Waals surface area contributed by atoms with E-state index < -0.39 is 0 Å². The van der Waals surface area contributed by atoms with Gasteiger partial charge < -0.3 is 10.4 Å². The molecular formula is C11H18BrN3O. The summed E-state index contributed by atoms with van der Waals surface area (Å²) in [5, 5.41) is 17.2. The molecule has 1 aliphatic rings. The Labute approximate surface area is 104 Å². The predicted molar refractivity (Wildman–Crippen MR) is 66.3 cm³/mol. The number of rotatable bonds is 4. The van der Waals surface area contributed by atoms with Gasteiger partial charge in [0, 0.05) is 11.7 Å². The minimum absolute atomic E-state index is 0.0994. The predicted octanol–water partition coefficient (Wildman–Crippen LogP) is 1.71. The third-order valence-corrected chi connectivity index (χ3v) is 3.79. The summed E-state index contributed by atoms with van der Waals surface area (Å²) in [6, 6.07) is 0.400. The smallest absolute Gasteiger partial charge is 0.0632 e. The highest BCUT2D eigenvalue weighted by Crippen LogP contribution is 2.37. The molecule has 2 atom stereocenters. The Morgan fingerprint density at radius 1 is 1.75 bits per heavy atom. The van der Waals surface area contributed by atoms with Gasteiger partial charge in [0.15, 0.2) is 0 Å². The van der Waals surface area contributed by atoms with Gasteiger partial charge in [0.1, 0.15) is 0 Å². The molecule has 0 amide bonds. The Kier molecular flexibility index (Phi) is 3.66. The number of hydrogen-bond donors (Lipinski definition) is 2. The minimum atomic E-state index is -0.0994. The van der Waals surface area contributed by atoms with Gasteiger partial charge >= 0.3 is 0 Å². The van der Waals surface area contributed by atoms with Gasteiger partial charge in [0.2, 0.25) is 0 Å². The van der Waals surface area contributed by atoms with Crippen molar-refractivity contribution in [3.63, 3.8) is 0 Å². The molecule has 5 heteroatoms. The quantitative estimate of drug-likeness (QED) is 0.887. The van der Waals surface area contributed by atoms with Crippen LogP contribution < -0.4 is 5.32 Å². The molecule has 1 fully saturated rings. The van der Waals surface area contributed by atoms with E-state index in [0.717, 1.165) is 30.3 Å². The number of aliphatic hydroxyl groups is 1. The number of aromatic nitrogens is 2. The third-order valence-electron chi connectivity index (χ3n) is 3.38. The SMILES string of the molecule is CCNC1(CO)CCC(n2cc(Br)cn2)C1. The van der Waals surface area contributed by atoms with E-state index in [9.17, 15) is 5.11 Å². The summed E-state index contributed by atoms with van der Waals surface area (Å²) in [4.78, 5) is 0. The second kappa shape index (κ2) is 4.85. The standard InChI is InChI=1S/C11H18BrN3O/c1-2-13-11(8-16)4-3-10(5-11)15-7-9(12)6-14-15/h6-7,10,13,16H,2-5,8H2,1H3. The van der Waals surface area contributed by atoms with Crippen molar-refractivity contribution in [2.45, 2.75) is 37.8 Å². The van der Waals surface area contributed by atoms with Gasteiger partial charge in [0.25, 0.3) is 0 Å². The zero-order chi connectivity index (χ0) is 11.6. The van der Waals surface area contributed by atoms with E-state index >= 15 is 0 Å². The zero-order valence-corrected chi connectivity index (χ0v) is 11.1. The van der Waals surface area contributed by atoms with Gasteiger partial charge in [-0.2, -0.15) is 5.10 Å². The Bertz CT molecular complexity index is 355. The first-order chi connectivity index (χ1) is 7.69. The molecule has 0 aromatic carbocycles. The first kappa shape index (κ1) is 12.1. The van der Waals surface area contributed by atoms with E-state index in [1.807, 2.05) is 17.1 Å². The van der Waals surface area contributed by atoms with Gasteiger partial charge in [0.05, 0.1) is 23.3 Å². The second-order valence-electron chi connectivity index (χ2n) is 4.50. The molecule has 2 rings (SSSR count). The van der Waals surface area contributed by atoms with Gasteiger partial charge in [-0.15, -0.1) is 0 Å². The van der Waals surface area contributed by atoms with Crippen molar-refractivity contribution in [1.82, 2.24) is 15.1 Å². The molecule has 16 heavy (non-hydrogen) atoms. The number of aliphatic hydroxyl groups excluding tert-OH is 1. The van der Waals surface area contributed by atoms with Crippen LogP contribution in [-0.2, 0) is 0 Å². The van der Waals surface area contributed by atoms with Gasteiger partial charge in [-0.1, -0.05) is 6.92 Å². The lowest BCUT2D eigenvalue weighted by Gasteiger charge is -2.28. The summed E-state index contributed by atoms with van der Waals surface area (Å²) in [5.41, 5.74) is -0.0994. The Morgan fingerprint density at radius 3 is 3.12 bits per heavy atom. The average molecular weight is 288 g/mol. The second-order valence-corrected chi connectivity index (χ2v) is 5.42. The molecule has 2 N–H and O–H groups in total. The van der Waals surface area contributed by atoms with Crippen LogP contribution in [0.25, 0.3) is 0 Å². The van der Waals surface area contributed by atoms with Crippen molar-refractivity contribution in [3.8, 4) is 0 Å². The highest BCUT2D eigenvalue weighted by Gasteiger charge is 2.38. The van der Waals surface area contributed by atoms with E-state index in [2.05, 4.69) is 33.3 Å². The Morgan fingerprint density at radius 2 is 2.56 bits per heavy atom. The highest BCUT2D eigenvalue weighted by atomic mass is 79.9. The molecule has 1 heterocycles. The van der Waals surface area contributed by atoms with Crippen molar-refractivity contribution in [3.05, 3.63) is 16.9 Å². The fourth-order valence-corrected chi connectivity index (χ4v) is 2.87. The topological polar surface area (TPSA) is 50.1 Å². The van der Waals surface area contributed by atoms with Crippen LogP contribution in [0.1, 0.15) is 32.2 Å². The molecule has 1 saturated carbocycles. The highest BCUT2D eigenvalue weighted by molar-refractivity contribution is 9.10. The van der Waals surface area contributed by atoms with E-state index in [4.69, 9.17) is 0 Å². The van der Waals surface area contributed by atoms with Crippen LogP contribution in [0.5, 0.6) is 0 Å². The lowest BCUT2D eigenvalue weighted by molar-refractivity contribution is 0.162. The fraction of sp³-hybridized carbons (Fsp3) is 0.727. The first-order valence-electron chi connectivity index (χ1n) is 5.74. The normalized spacial score (nSPS) is 29.8. The van der Waals surface area contributed by atoms with Crippen LogP contribution in [0.3, 0.4) is 0 Å². The number of nitrogens with one attached hydrogen (secondary N) is 1. The molecule has 1 aliphatic carbocycles. The summed E-state index contributed by atoms with van der Waals surface area (Å²) in [6.45, 7) is 3.19. The minimum Gasteiger partial charge on any atom is -0.394 e. The van der Waals surface area contributed by atoms with Crippen molar-refractivity contribution in [1.29, 1.82) is 0 Å². The molecule has 1 aromatic heterocycles. The van der Waals surface area contributed by atoms with Crippen molar-refractivity contribution >= 4 is 15.9 Å². The van der Waals surface area contributed by atoms with Crippen molar-refractivity contribution in [2.24, 2.45) is 0 Å². The molecule has 0 radical (unpaired) electrons. The maximum absolute atomic E-state index is 9.52. The van der Waals surface area contributed by atoms with E-state index in [1.165, 1.54) is 0 Å². The van der Waals surface area contributed by atoms with E-state index in [1.54, 1.807) is 0 Å². The van der Waals surface area contributed by atoms with Crippen LogP contribution >= 0.6 is 15.9 Å². The summed E-state index contributed by atoms with van der Waals surface area (Å²) in [5.74, 6) is 0. The van der Waals surface area contributed by atoms with Crippen LogP contribution in [0.2, 0.25) is 0 Å². The Hall–Kier alpha value is -0.390. The molecule has 0 spiro atoms. The van der Waals surface area contributed by atoms with Crippen molar-refractivity contribution < 1.29 is 5.11 Å². The first-order valence-corrected chi connectivity index (χ1v) is 6.54. The Balaban J connectivity index is 2.06. The molecule has 0 bridgehead atoms. The largest absolute Gasteiger partial charge is 0.394 e. The monoisotopic (exact) mass is 287 g/mol. The molecule has 90 valence electrons. The lowest BCUT2D eigenvalue weighted by atomic mass is 9.98. The third kappa shape index (κ3) is 2.31. The number of halogens is 1. The van der Waals surface area contributed by atoms with Gasteiger partial charge in [-0.3, -0.25) is 4.68 Å². The lowest BCUT2D eigenvalue weighted by Crippen LogP contribution is -2.46. The molecule has 0 aliphatic heterocycles. The zero-order valence-electron chi connectivity index (χ0n) is 9.49. The maximum atomic E-state index is 9.52. The molecule has 0 saturated heterocycles. The molecule has 1 aromatic rings. The number of hydrogen-bond acceptors (Lipinski definition) is 3. The van der Waals surface area contributed by atoms with Crippen LogP contribution in [0.15, 0.2) is 16.9 Å². The fourth-order valence-electron chi connectivity index (χ4n) is 2.57. The summed E-state index contributed by atoms with van der Waals surface area (Å²) in [6.07, 6.45) is 6.85.